The van der Waals surface area contributed by atoms with E-state index in [2.05, 4.69) is 25.9 Å². The Bertz CT molecular complexity index is 321. The van der Waals surface area contributed by atoms with Crippen molar-refractivity contribution in [3.8, 4) is 0 Å². The summed E-state index contributed by atoms with van der Waals surface area (Å²) in [6, 6.07) is -0.349. The summed E-state index contributed by atoms with van der Waals surface area (Å²) in [7, 11) is 0. The molecule has 14 heavy (non-hydrogen) atoms. The smallest absolute Gasteiger partial charge is 0.293 e. The van der Waals surface area contributed by atoms with Crippen LogP contribution in [0.4, 0.5) is 0 Å². The zero-order valence-electron chi connectivity index (χ0n) is 7.52. The maximum absolute atomic E-state index is 11.2. The number of primary amides is 1. The molecule has 0 bridgehead atoms. The Morgan fingerprint density at radius 3 is 2.86 bits per heavy atom. The van der Waals surface area contributed by atoms with E-state index in [1.54, 1.807) is 6.92 Å². The number of nitrogens with one attached hydrogen (secondary N) is 2. The molecule has 0 radical (unpaired) electrons. The van der Waals surface area contributed by atoms with Crippen LogP contribution in [0.15, 0.2) is 0 Å². The minimum atomic E-state index is -0.493. The Hall–Kier alpha value is -1.99. The highest BCUT2D eigenvalue weighted by atomic mass is 16.2. The second kappa shape index (κ2) is 4.30. The lowest BCUT2D eigenvalue weighted by Crippen LogP contribution is -2.36. The number of nitrogens with two attached hydrogens (primary N) is 1. The molecule has 0 aliphatic rings. The first-order valence-corrected chi connectivity index (χ1v) is 3.92. The van der Waals surface area contributed by atoms with E-state index in [9.17, 15) is 9.59 Å². The van der Waals surface area contributed by atoms with Gasteiger partial charge in [0.2, 0.25) is 5.91 Å². The summed E-state index contributed by atoms with van der Waals surface area (Å²) in [5, 5.41) is 14.8. The molecule has 0 fully saturated rings. The number of H-pyrrole nitrogens is 1. The highest BCUT2D eigenvalue weighted by molar-refractivity contribution is 5.90. The fraction of sp³-hybridized carbons (Fsp3) is 0.500. The number of tetrazole rings is 1. The molecule has 1 aromatic heterocycles. The zero-order chi connectivity index (χ0) is 10.6. The van der Waals surface area contributed by atoms with Gasteiger partial charge in [-0.2, -0.15) is 5.21 Å². The molecule has 1 heterocycles. The van der Waals surface area contributed by atoms with E-state index in [1.807, 2.05) is 0 Å². The van der Waals surface area contributed by atoms with Crippen molar-refractivity contribution in [2.24, 2.45) is 5.73 Å². The van der Waals surface area contributed by atoms with Crippen molar-refractivity contribution in [3.63, 3.8) is 0 Å². The van der Waals surface area contributed by atoms with Crippen molar-refractivity contribution in [2.75, 3.05) is 0 Å². The van der Waals surface area contributed by atoms with Gasteiger partial charge in [0.1, 0.15) is 0 Å². The number of hydrogen-bond acceptors (Lipinski definition) is 5. The molecule has 4 N–H and O–H groups in total. The molecule has 1 aromatic rings. The molecule has 0 saturated carbocycles. The fourth-order valence-electron chi connectivity index (χ4n) is 0.899. The number of carbonyl (C=O) groups excluding carboxylic acids is 2. The van der Waals surface area contributed by atoms with Gasteiger partial charge in [-0.25, -0.2) is 0 Å². The topological polar surface area (TPSA) is 127 Å². The molecule has 1 unspecified atom stereocenters. The maximum Gasteiger partial charge on any atom is 0.293 e. The van der Waals surface area contributed by atoms with Crippen LogP contribution in [0.3, 0.4) is 0 Å². The first-order chi connectivity index (χ1) is 6.59. The number of nitrogens with zero attached hydrogens (tertiary/aromatic N) is 3. The molecule has 2 amide bonds. The number of amides is 2. The average Bonchev–Trinajstić information content (AvgIpc) is 2.53. The minimum absolute atomic E-state index is 0.0682. The fourth-order valence-corrected chi connectivity index (χ4v) is 0.899. The first kappa shape index (κ1) is 10.1. The third-order valence-electron chi connectivity index (χ3n) is 1.43. The predicted octanol–water partition coefficient (Wildman–Crippen LogP) is -1.81. The van der Waals surface area contributed by atoms with Gasteiger partial charge in [0.15, 0.2) is 0 Å². The summed E-state index contributed by atoms with van der Waals surface area (Å²) < 4.78 is 0. The summed E-state index contributed by atoms with van der Waals surface area (Å²) in [6.07, 6.45) is 0.0730. The molecular weight excluding hydrogens is 188 g/mol. The standard InChI is InChI=1S/C6H10N6O2/c1-3(2-4(7)13)8-6(14)5-9-11-12-10-5/h3H,2H2,1H3,(H2,7,13)(H,8,14)(H,9,10,11,12). The van der Waals surface area contributed by atoms with Crippen LogP contribution < -0.4 is 11.1 Å². The van der Waals surface area contributed by atoms with Gasteiger partial charge in [0.25, 0.3) is 11.7 Å². The van der Waals surface area contributed by atoms with Crippen LogP contribution in [0.2, 0.25) is 0 Å². The summed E-state index contributed by atoms with van der Waals surface area (Å²) in [4.78, 5) is 21.7. The molecule has 0 spiro atoms. The van der Waals surface area contributed by atoms with Crippen LogP contribution >= 0.6 is 0 Å². The third-order valence-corrected chi connectivity index (χ3v) is 1.43. The van der Waals surface area contributed by atoms with E-state index in [0.29, 0.717) is 0 Å². The first-order valence-electron chi connectivity index (χ1n) is 3.92. The van der Waals surface area contributed by atoms with Gasteiger partial charge in [0.05, 0.1) is 0 Å². The number of aromatic nitrogens is 4. The molecule has 8 nitrogen and oxygen atoms in total. The largest absolute Gasteiger partial charge is 0.370 e. The molecule has 8 heteroatoms. The molecule has 0 aromatic carbocycles. The van der Waals surface area contributed by atoms with Crippen molar-refractivity contribution in [2.45, 2.75) is 19.4 Å². The Morgan fingerprint density at radius 2 is 2.36 bits per heavy atom. The van der Waals surface area contributed by atoms with Crippen LogP contribution in [0.1, 0.15) is 24.0 Å². The molecule has 0 saturated heterocycles. The maximum atomic E-state index is 11.2. The molecular formula is C6H10N6O2. The van der Waals surface area contributed by atoms with Crippen LogP contribution in [0.5, 0.6) is 0 Å². The van der Waals surface area contributed by atoms with Crippen molar-refractivity contribution < 1.29 is 9.59 Å². The van der Waals surface area contributed by atoms with Crippen LogP contribution in [0.25, 0.3) is 0 Å². The quantitative estimate of drug-likeness (QED) is 0.525. The highest BCUT2D eigenvalue weighted by Crippen LogP contribution is 1.91. The van der Waals surface area contributed by atoms with E-state index in [0.717, 1.165) is 0 Å². The summed E-state index contributed by atoms with van der Waals surface area (Å²) in [6.45, 7) is 1.66. The summed E-state index contributed by atoms with van der Waals surface area (Å²) in [5.41, 5.74) is 4.95. The van der Waals surface area contributed by atoms with Gasteiger partial charge in [-0.1, -0.05) is 0 Å². The normalized spacial score (nSPS) is 12.1. The second-order valence-corrected chi connectivity index (χ2v) is 2.78. The Labute approximate surface area is 79.2 Å². The number of hydrogen-bond donors (Lipinski definition) is 3. The SMILES string of the molecule is CC(CC(N)=O)NC(=O)c1nn[nH]n1. The number of aromatic amines is 1. The Morgan fingerprint density at radius 1 is 1.64 bits per heavy atom. The Balaban J connectivity index is 2.45. The molecule has 1 atom stereocenters. The average molecular weight is 198 g/mol. The predicted molar refractivity (Wildman–Crippen MR) is 44.9 cm³/mol. The van der Waals surface area contributed by atoms with Gasteiger partial charge >= 0.3 is 0 Å². The lowest BCUT2D eigenvalue weighted by molar-refractivity contribution is -0.118. The Kier molecular flexibility index (Phi) is 3.10. The summed E-state index contributed by atoms with van der Waals surface area (Å²) in [5.74, 6) is -1.04. The minimum Gasteiger partial charge on any atom is -0.370 e. The highest BCUT2D eigenvalue weighted by Gasteiger charge is 2.14. The van der Waals surface area contributed by atoms with E-state index in [-0.39, 0.29) is 18.3 Å². The van der Waals surface area contributed by atoms with Crippen LogP contribution in [-0.4, -0.2) is 38.5 Å². The van der Waals surface area contributed by atoms with Gasteiger partial charge in [-0.15, -0.1) is 10.2 Å². The van der Waals surface area contributed by atoms with Gasteiger partial charge in [-0.05, 0) is 12.1 Å². The number of rotatable bonds is 4. The van der Waals surface area contributed by atoms with Crippen LogP contribution in [-0.2, 0) is 4.79 Å². The van der Waals surface area contributed by atoms with Crippen molar-refractivity contribution >= 4 is 11.8 Å². The molecule has 76 valence electrons. The monoisotopic (exact) mass is 198 g/mol. The lowest BCUT2D eigenvalue weighted by Gasteiger charge is -2.09. The second-order valence-electron chi connectivity index (χ2n) is 2.78. The molecule has 1 rings (SSSR count). The molecule has 0 aliphatic carbocycles. The van der Waals surface area contributed by atoms with Crippen molar-refractivity contribution in [3.05, 3.63) is 5.82 Å². The van der Waals surface area contributed by atoms with Crippen LogP contribution in [0, 0.1) is 0 Å². The van der Waals surface area contributed by atoms with Crippen molar-refractivity contribution in [1.29, 1.82) is 0 Å². The van der Waals surface area contributed by atoms with E-state index < -0.39 is 11.8 Å². The number of carbonyl (C=O) groups is 2. The molecule has 0 aliphatic heterocycles. The van der Waals surface area contributed by atoms with E-state index >= 15 is 0 Å². The third kappa shape index (κ3) is 2.81. The van der Waals surface area contributed by atoms with Gasteiger partial charge in [0, 0.05) is 12.5 Å². The van der Waals surface area contributed by atoms with E-state index in [4.69, 9.17) is 5.73 Å². The van der Waals surface area contributed by atoms with Crippen molar-refractivity contribution in [1.82, 2.24) is 25.9 Å². The van der Waals surface area contributed by atoms with Gasteiger partial charge in [-0.3, -0.25) is 9.59 Å². The lowest BCUT2D eigenvalue weighted by atomic mass is 10.2. The van der Waals surface area contributed by atoms with Gasteiger partial charge < -0.3 is 11.1 Å². The van der Waals surface area contributed by atoms with E-state index in [1.165, 1.54) is 0 Å². The summed E-state index contributed by atoms with van der Waals surface area (Å²) >= 11 is 0. The zero-order valence-corrected chi connectivity index (χ0v) is 7.52.